The largest absolute Gasteiger partial charge is 0.384 e. The molecule has 0 aliphatic carbocycles. The number of nitrogens with one attached hydrogen (secondary N) is 1. The van der Waals surface area contributed by atoms with Crippen LogP contribution in [0, 0.1) is 0 Å². The first kappa shape index (κ1) is 21.4. The molecule has 0 saturated heterocycles. The van der Waals surface area contributed by atoms with Gasteiger partial charge in [0.2, 0.25) is 0 Å². The highest BCUT2D eigenvalue weighted by Crippen LogP contribution is 2.28. The van der Waals surface area contributed by atoms with Gasteiger partial charge in [-0.05, 0) is 46.3 Å². The van der Waals surface area contributed by atoms with Gasteiger partial charge in [-0.3, -0.25) is 0 Å². The normalized spacial score (nSPS) is 12.5. The Balaban J connectivity index is 2.14. The van der Waals surface area contributed by atoms with Crippen LogP contribution in [0.15, 0.2) is 55.1 Å². The van der Waals surface area contributed by atoms with Crippen LogP contribution in [0.5, 0.6) is 0 Å². The zero-order chi connectivity index (χ0) is 20.0. The molecule has 3 heteroatoms. The summed E-state index contributed by atoms with van der Waals surface area (Å²) in [6, 6.07) is 17.7. The number of rotatable bonds is 8. The molecule has 0 aliphatic rings. The average molecular weight is 381 g/mol. The summed E-state index contributed by atoms with van der Waals surface area (Å²) >= 11 is 0. The van der Waals surface area contributed by atoms with Crippen molar-refractivity contribution >= 4 is 19.9 Å². The molecule has 144 valence electrons. The molecule has 0 saturated carbocycles. The zero-order valence-corrected chi connectivity index (χ0v) is 18.1. The predicted molar refractivity (Wildman–Crippen MR) is 123 cm³/mol. The molecule has 0 heterocycles. The van der Waals surface area contributed by atoms with Gasteiger partial charge in [0.25, 0.3) is 0 Å². The van der Waals surface area contributed by atoms with Crippen molar-refractivity contribution < 1.29 is 0 Å². The van der Waals surface area contributed by atoms with Crippen LogP contribution in [-0.4, -0.2) is 18.4 Å². The Morgan fingerprint density at radius 3 is 2.15 bits per heavy atom. The van der Waals surface area contributed by atoms with Crippen molar-refractivity contribution in [2.24, 2.45) is 5.73 Å². The van der Waals surface area contributed by atoms with Gasteiger partial charge in [0, 0.05) is 24.7 Å². The van der Waals surface area contributed by atoms with E-state index in [2.05, 4.69) is 97.0 Å². The summed E-state index contributed by atoms with van der Waals surface area (Å²) < 4.78 is 0. The second-order valence-electron chi connectivity index (χ2n) is 8.20. The van der Waals surface area contributed by atoms with Gasteiger partial charge < -0.3 is 11.1 Å². The Labute approximate surface area is 167 Å². The number of hydrogen-bond donors (Lipinski definition) is 2. The van der Waals surface area contributed by atoms with Gasteiger partial charge in [0.05, 0.1) is 0 Å². The van der Waals surface area contributed by atoms with Crippen molar-refractivity contribution in [2.75, 3.05) is 13.1 Å². The minimum atomic E-state index is 0.177. The number of hydrogen-bond acceptors (Lipinski definition) is 2. The summed E-state index contributed by atoms with van der Waals surface area (Å²) in [6.07, 6.45) is 0.965. The van der Waals surface area contributed by atoms with Crippen LogP contribution in [0.3, 0.4) is 0 Å². The highest BCUT2D eigenvalue weighted by atomic mass is 31.0. The SMILES string of the molecule is C=C(NCCN)c1ccc(CC(C(C)=P)c2ccc(C(C)(C)C)cc2)cc1. The third-order valence-corrected chi connectivity index (χ3v) is 5.28. The van der Waals surface area contributed by atoms with Crippen molar-refractivity contribution in [3.63, 3.8) is 0 Å². The summed E-state index contributed by atoms with van der Waals surface area (Å²) in [4.78, 5) is 0. The molecule has 0 amide bonds. The van der Waals surface area contributed by atoms with Crippen molar-refractivity contribution in [1.29, 1.82) is 0 Å². The first-order chi connectivity index (χ1) is 12.7. The molecular formula is C24H33N2P. The lowest BCUT2D eigenvalue weighted by atomic mass is 9.84. The molecule has 27 heavy (non-hydrogen) atoms. The zero-order valence-electron chi connectivity index (χ0n) is 17.1. The molecule has 1 unspecified atom stereocenters. The molecule has 2 aromatic carbocycles. The molecule has 2 aromatic rings. The van der Waals surface area contributed by atoms with Gasteiger partial charge in [0.1, 0.15) is 0 Å². The first-order valence-electron chi connectivity index (χ1n) is 9.60. The standard InChI is InChI=1S/C24H33N2P/c1-17(26-15-14-25)20-8-6-19(7-9-20)16-23(18(2)27)21-10-12-22(13-11-21)24(3,4)5/h6-13,23,26-27H,1,14-16,25H2,2-5H3. The predicted octanol–water partition coefficient (Wildman–Crippen LogP) is 5.16. The third-order valence-electron chi connectivity index (χ3n) is 4.93. The molecule has 1 atom stereocenters. The number of benzene rings is 2. The quantitative estimate of drug-likeness (QED) is 0.621. The maximum atomic E-state index is 5.54. The molecule has 2 rings (SSSR count). The molecule has 0 aromatic heterocycles. The molecule has 0 radical (unpaired) electrons. The van der Waals surface area contributed by atoms with Gasteiger partial charge in [-0.1, -0.05) is 75.9 Å². The van der Waals surface area contributed by atoms with E-state index in [0.29, 0.717) is 12.5 Å². The van der Waals surface area contributed by atoms with Crippen molar-refractivity contribution in [1.82, 2.24) is 5.32 Å². The highest BCUT2D eigenvalue weighted by molar-refractivity contribution is 7.21. The Hall–Kier alpha value is -1.89. The van der Waals surface area contributed by atoms with Crippen LogP contribution in [0.25, 0.3) is 5.70 Å². The van der Waals surface area contributed by atoms with Crippen molar-refractivity contribution in [3.8, 4) is 0 Å². The number of nitrogens with two attached hydrogens (primary N) is 1. The molecule has 3 N–H and O–H groups in total. The average Bonchev–Trinajstić information content (AvgIpc) is 2.64. The monoisotopic (exact) mass is 380 g/mol. The fourth-order valence-electron chi connectivity index (χ4n) is 3.14. The maximum Gasteiger partial charge on any atom is 0.0341 e. The highest BCUT2D eigenvalue weighted by Gasteiger charge is 2.17. The van der Waals surface area contributed by atoms with E-state index in [9.17, 15) is 0 Å². The van der Waals surface area contributed by atoms with Crippen LogP contribution in [0.1, 0.15) is 55.9 Å². The lowest BCUT2D eigenvalue weighted by Gasteiger charge is -2.22. The molecule has 2 nitrogen and oxygen atoms in total. The topological polar surface area (TPSA) is 38.0 Å². The van der Waals surface area contributed by atoms with Crippen LogP contribution in [-0.2, 0) is 11.8 Å². The van der Waals surface area contributed by atoms with Crippen LogP contribution >= 0.6 is 8.86 Å². The van der Waals surface area contributed by atoms with Gasteiger partial charge in [-0.2, -0.15) is 0 Å². The molecule has 0 aliphatic heterocycles. The third kappa shape index (κ3) is 6.06. The van der Waals surface area contributed by atoms with E-state index in [4.69, 9.17) is 5.73 Å². The van der Waals surface area contributed by atoms with Gasteiger partial charge in [0.15, 0.2) is 0 Å². The van der Waals surface area contributed by atoms with Gasteiger partial charge in [-0.15, -0.1) is 8.86 Å². The summed E-state index contributed by atoms with van der Waals surface area (Å²) in [7, 11) is 3.80. The Morgan fingerprint density at radius 2 is 1.67 bits per heavy atom. The smallest absolute Gasteiger partial charge is 0.0341 e. The van der Waals surface area contributed by atoms with E-state index < -0.39 is 0 Å². The minimum absolute atomic E-state index is 0.177. The summed E-state index contributed by atoms with van der Waals surface area (Å²) in [5.74, 6) is 0.347. The van der Waals surface area contributed by atoms with E-state index >= 15 is 0 Å². The van der Waals surface area contributed by atoms with Crippen LogP contribution < -0.4 is 11.1 Å². The van der Waals surface area contributed by atoms with E-state index in [1.807, 2.05) is 0 Å². The Bertz CT molecular complexity index is 768. The molecule has 0 bridgehead atoms. The summed E-state index contributed by atoms with van der Waals surface area (Å²) in [5, 5.41) is 4.49. The molecular weight excluding hydrogens is 347 g/mol. The van der Waals surface area contributed by atoms with Crippen LogP contribution in [0.2, 0.25) is 0 Å². The molecule has 0 spiro atoms. The summed E-state index contributed by atoms with van der Waals surface area (Å²) in [6.45, 7) is 14.3. The van der Waals surface area contributed by atoms with Crippen LogP contribution in [0.4, 0.5) is 0 Å². The van der Waals surface area contributed by atoms with Crippen molar-refractivity contribution in [2.45, 2.75) is 45.4 Å². The fraction of sp³-hybridized carbons (Fsp3) is 0.375. The second-order valence-corrected chi connectivity index (χ2v) is 8.99. The lowest BCUT2D eigenvalue weighted by Crippen LogP contribution is -2.20. The van der Waals surface area contributed by atoms with E-state index in [1.165, 1.54) is 22.0 Å². The maximum absolute atomic E-state index is 5.54. The fourth-order valence-corrected chi connectivity index (χ4v) is 3.41. The van der Waals surface area contributed by atoms with Gasteiger partial charge in [-0.25, -0.2) is 0 Å². The minimum Gasteiger partial charge on any atom is -0.384 e. The summed E-state index contributed by atoms with van der Waals surface area (Å²) in [5.41, 5.74) is 11.8. The van der Waals surface area contributed by atoms with Crippen molar-refractivity contribution in [3.05, 3.63) is 77.4 Å². The Kier molecular flexibility index (Phi) is 7.41. The Morgan fingerprint density at radius 1 is 1.07 bits per heavy atom. The first-order valence-corrected chi connectivity index (χ1v) is 10.1. The second kappa shape index (κ2) is 9.35. The van der Waals surface area contributed by atoms with E-state index in [0.717, 1.165) is 24.2 Å². The van der Waals surface area contributed by atoms with Gasteiger partial charge >= 0.3 is 0 Å². The molecule has 0 fully saturated rings. The van der Waals surface area contributed by atoms with E-state index in [-0.39, 0.29) is 5.41 Å². The van der Waals surface area contributed by atoms with E-state index in [1.54, 1.807) is 0 Å². The lowest BCUT2D eigenvalue weighted by molar-refractivity contribution is 0.590.